The molecule has 4 N–H and O–H groups in total. The van der Waals surface area contributed by atoms with Gasteiger partial charge in [-0.05, 0) is 0 Å². The van der Waals surface area contributed by atoms with E-state index >= 15 is 0 Å². The Kier molecular flexibility index (Phi) is 5.77. The van der Waals surface area contributed by atoms with Crippen LogP contribution >= 0.6 is 0 Å². The van der Waals surface area contributed by atoms with E-state index in [9.17, 15) is 18.3 Å². The molecule has 3 rings (SSSR count). The fourth-order valence-electron chi connectivity index (χ4n) is 2.66. The van der Waals surface area contributed by atoms with Gasteiger partial charge < -0.3 is 25.8 Å². The zero-order valence-electron chi connectivity index (χ0n) is 14.5. The largest absolute Gasteiger partial charge is 0.437 e. The zero-order valence-corrected chi connectivity index (χ0v) is 14.5. The van der Waals surface area contributed by atoms with E-state index < -0.39 is 11.9 Å². The summed E-state index contributed by atoms with van der Waals surface area (Å²) in [6.45, 7) is 1.67. The number of anilines is 3. The fraction of sp³-hybridized carbons (Fsp3) is 0.533. The van der Waals surface area contributed by atoms with E-state index in [0.717, 1.165) is 0 Å². The number of aromatic nitrogens is 4. The maximum Gasteiger partial charge on any atom is 0.437 e. The maximum absolute atomic E-state index is 13.2. The average molecular weight is 387 g/mol. The van der Waals surface area contributed by atoms with Crippen LogP contribution in [0.3, 0.4) is 0 Å². The molecule has 148 valence electrons. The van der Waals surface area contributed by atoms with Crippen molar-refractivity contribution in [1.29, 1.82) is 0 Å². The highest BCUT2D eigenvalue weighted by Gasteiger charge is 2.36. The zero-order chi connectivity index (χ0) is 19.4. The van der Waals surface area contributed by atoms with Crippen LogP contribution in [0.4, 0.5) is 30.4 Å². The van der Waals surface area contributed by atoms with Crippen LogP contribution in [0.5, 0.6) is 0 Å². The molecule has 0 bridgehead atoms. The van der Waals surface area contributed by atoms with Crippen LogP contribution in [0, 0.1) is 0 Å². The van der Waals surface area contributed by atoms with Crippen molar-refractivity contribution in [3.8, 4) is 0 Å². The molecule has 0 aliphatic carbocycles. The predicted molar refractivity (Wildman–Crippen MR) is 90.5 cm³/mol. The topological polar surface area (TPSA) is 109 Å². The first-order valence-corrected chi connectivity index (χ1v) is 8.28. The number of hydrogen-bond donors (Lipinski definition) is 4. The molecule has 1 aliphatic heterocycles. The molecule has 0 aromatic carbocycles. The molecule has 0 spiro atoms. The van der Waals surface area contributed by atoms with Gasteiger partial charge in [0.25, 0.3) is 0 Å². The second-order valence-electron chi connectivity index (χ2n) is 5.98. The van der Waals surface area contributed by atoms with E-state index in [1.807, 2.05) is 0 Å². The number of aryl methyl sites for hydroxylation is 1. The van der Waals surface area contributed by atoms with Crippen LogP contribution in [0.1, 0.15) is 11.4 Å². The van der Waals surface area contributed by atoms with Crippen LogP contribution in [0.2, 0.25) is 0 Å². The van der Waals surface area contributed by atoms with Gasteiger partial charge in [-0.1, -0.05) is 0 Å². The van der Waals surface area contributed by atoms with Gasteiger partial charge in [0.2, 0.25) is 0 Å². The smallest absolute Gasteiger partial charge is 0.390 e. The summed E-state index contributed by atoms with van der Waals surface area (Å²) in [6, 6.07) is 1.22. The van der Waals surface area contributed by atoms with Crippen LogP contribution in [0.15, 0.2) is 12.3 Å². The highest BCUT2D eigenvalue weighted by Crippen LogP contribution is 2.34. The minimum Gasteiger partial charge on any atom is -0.390 e. The number of nitrogens with one attached hydrogen (secondary N) is 3. The average Bonchev–Trinajstić information content (AvgIpc) is 2.99. The molecule has 1 atom stereocenters. The third-order valence-electron chi connectivity index (χ3n) is 4.06. The van der Waals surface area contributed by atoms with E-state index in [2.05, 4.69) is 31.2 Å². The standard InChI is InChI=1S/C15H20F3N7O2/c1-25-12(8-26)11(7-21-25)22-13-4-10(14(24-23-13)15(16,17)18)20-6-9-5-19-2-3-27-9/h4,7,9,19,26H,2-3,5-6,8H2,1H3,(H2,20,22,23). The van der Waals surface area contributed by atoms with Gasteiger partial charge >= 0.3 is 6.18 Å². The van der Waals surface area contributed by atoms with Crippen molar-refractivity contribution < 1.29 is 23.0 Å². The summed E-state index contributed by atoms with van der Waals surface area (Å²) in [5, 5.41) is 29.0. The van der Waals surface area contributed by atoms with Gasteiger partial charge in [-0.25, -0.2) is 0 Å². The SMILES string of the molecule is Cn1ncc(Nc2cc(NCC3CNCCO3)c(C(F)(F)F)nn2)c1CO. The van der Waals surface area contributed by atoms with Gasteiger partial charge in [-0.3, -0.25) is 4.68 Å². The summed E-state index contributed by atoms with van der Waals surface area (Å²) >= 11 is 0. The molecule has 27 heavy (non-hydrogen) atoms. The van der Waals surface area contributed by atoms with Crippen LogP contribution < -0.4 is 16.0 Å². The number of aliphatic hydroxyl groups is 1. The molecule has 0 radical (unpaired) electrons. The summed E-state index contributed by atoms with van der Waals surface area (Å²) in [4.78, 5) is 0. The predicted octanol–water partition coefficient (Wildman–Crippen LogP) is 0.865. The fourth-order valence-corrected chi connectivity index (χ4v) is 2.66. The lowest BCUT2D eigenvalue weighted by Crippen LogP contribution is -2.42. The Morgan fingerprint density at radius 3 is 2.85 bits per heavy atom. The van der Waals surface area contributed by atoms with Crippen molar-refractivity contribution >= 4 is 17.2 Å². The van der Waals surface area contributed by atoms with Crippen molar-refractivity contribution in [2.75, 3.05) is 36.9 Å². The van der Waals surface area contributed by atoms with E-state index in [1.54, 1.807) is 7.05 Å². The quantitative estimate of drug-likeness (QED) is 0.578. The number of ether oxygens (including phenoxy) is 1. The molecular weight excluding hydrogens is 367 g/mol. The third-order valence-corrected chi connectivity index (χ3v) is 4.06. The monoisotopic (exact) mass is 387 g/mol. The molecule has 0 saturated carbocycles. The minimum atomic E-state index is -4.65. The van der Waals surface area contributed by atoms with E-state index in [0.29, 0.717) is 31.1 Å². The first kappa shape index (κ1) is 19.3. The lowest BCUT2D eigenvalue weighted by Gasteiger charge is -2.24. The van der Waals surface area contributed by atoms with Crippen molar-refractivity contribution in [1.82, 2.24) is 25.3 Å². The number of hydrogen-bond acceptors (Lipinski definition) is 8. The van der Waals surface area contributed by atoms with Crippen LogP contribution in [-0.4, -0.2) is 57.4 Å². The number of aliphatic hydroxyl groups excluding tert-OH is 1. The number of alkyl halides is 3. The molecule has 1 unspecified atom stereocenters. The lowest BCUT2D eigenvalue weighted by atomic mass is 10.2. The summed E-state index contributed by atoms with van der Waals surface area (Å²) in [7, 11) is 1.64. The Labute approximate surface area is 152 Å². The molecule has 12 heteroatoms. The van der Waals surface area contributed by atoms with Crippen LogP contribution in [0.25, 0.3) is 0 Å². The van der Waals surface area contributed by atoms with Gasteiger partial charge in [0, 0.05) is 32.7 Å². The van der Waals surface area contributed by atoms with Crippen LogP contribution in [-0.2, 0) is 24.6 Å². The first-order valence-electron chi connectivity index (χ1n) is 8.28. The van der Waals surface area contributed by atoms with Crippen molar-refractivity contribution in [3.63, 3.8) is 0 Å². The van der Waals surface area contributed by atoms with Crippen molar-refractivity contribution in [3.05, 3.63) is 23.7 Å². The molecule has 0 amide bonds. The van der Waals surface area contributed by atoms with Crippen molar-refractivity contribution in [2.24, 2.45) is 7.05 Å². The number of morpholine rings is 1. The Hall–Kier alpha value is -2.44. The summed E-state index contributed by atoms with van der Waals surface area (Å²) in [6.07, 6.45) is -3.45. The minimum absolute atomic E-state index is 0.0934. The molecule has 3 heterocycles. The van der Waals surface area contributed by atoms with E-state index in [-0.39, 0.29) is 30.8 Å². The highest BCUT2D eigenvalue weighted by atomic mass is 19.4. The molecule has 2 aromatic rings. The Bertz CT molecular complexity index is 775. The van der Waals surface area contributed by atoms with Crippen molar-refractivity contribution in [2.45, 2.75) is 18.9 Å². The Morgan fingerprint density at radius 1 is 1.37 bits per heavy atom. The maximum atomic E-state index is 13.2. The second-order valence-corrected chi connectivity index (χ2v) is 5.98. The van der Waals surface area contributed by atoms with Gasteiger partial charge in [0.15, 0.2) is 11.5 Å². The van der Waals surface area contributed by atoms with Gasteiger partial charge in [-0.2, -0.15) is 18.3 Å². The summed E-state index contributed by atoms with van der Waals surface area (Å²) in [5.74, 6) is 0.0934. The molecule has 1 saturated heterocycles. The number of nitrogens with zero attached hydrogens (tertiary/aromatic N) is 4. The molecule has 2 aromatic heterocycles. The molecular formula is C15H20F3N7O2. The molecule has 1 aliphatic rings. The van der Waals surface area contributed by atoms with E-state index in [1.165, 1.54) is 16.9 Å². The number of rotatable bonds is 6. The Balaban J connectivity index is 1.81. The van der Waals surface area contributed by atoms with E-state index in [4.69, 9.17) is 4.74 Å². The Morgan fingerprint density at radius 2 is 2.19 bits per heavy atom. The molecule has 9 nitrogen and oxygen atoms in total. The van der Waals surface area contributed by atoms with Gasteiger partial charge in [0.05, 0.1) is 42.6 Å². The van der Waals surface area contributed by atoms with Gasteiger partial charge in [-0.15, -0.1) is 10.2 Å². The highest BCUT2D eigenvalue weighted by molar-refractivity contribution is 5.63. The summed E-state index contributed by atoms with van der Waals surface area (Å²) in [5.41, 5.74) is -0.415. The first-order chi connectivity index (χ1) is 12.9. The van der Waals surface area contributed by atoms with Gasteiger partial charge in [0.1, 0.15) is 0 Å². The summed E-state index contributed by atoms with van der Waals surface area (Å²) < 4.78 is 46.7. The number of halogens is 3. The molecule has 1 fully saturated rings. The normalized spacial score (nSPS) is 17.7. The third kappa shape index (κ3) is 4.64. The lowest BCUT2D eigenvalue weighted by molar-refractivity contribution is -0.141. The second kappa shape index (κ2) is 8.06.